The van der Waals surface area contributed by atoms with Crippen molar-refractivity contribution in [3.8, 4) is 11.3 Å². The number of carbonyl (C=O) groups excluding carboxylic acids is 2. The van der Waals surface area contributed by atoms with Crippen LogP contribution in [0.5, 0.6) is 0 Å². The van der Waals surface area contributed by atoms with Gasteiger partial charge in [-0.25, -0.2) is 9.78 Å². The molecule has 0 saturated heterocycles. The second kappa shape index (κ2) is 7.92. The van der Waals surface area contributed by atoms with Crippen LogP contribution < -0.4 is 5.32 Å². The number of nitrogens with one attached hydrogen (secondary N) is 1. The number of fused-ring (bicyclic) bond motifs is 1. The van der Waals surface area contributed by atoms with Crippen LogP contribution in [0.15, 0.2) is 41.9 Å². The summed E-state index contributed by atoms with van der Waals surface area (Å²) in [7, 11) is 1.33. The summed E-state index contributed by atoms with van der Waals surface area (Å²) in [5, 5.41) is 4.77. The number of esters is 1. The number of aromatic nitrogens is 2. The van der Waals surface area contributed by atoms with Crippen LogP contribution in [-0.4, -0.2) is 33.9 Å². The maximum Gasteiger partial charge on any atom is 0.331 e. The molecular weight excluding hydrogens is 362 g/mol. The number of amides is 1. The Morgan fingerprint density at radius 3 is 2.70 bits per heavy atom. The zero-order valence-electron chi connectivity index (χ0n) is 15.7. The molecule has 7 heteroatoms. The number of imidazole rings is 1. The fourth-order valence-electron chi connectivity index (χ4n) is 3.16. The Morgan fingerprint density at radius 1 is 1.30 bits per heavy atom. The molecule has 0 bridgehead atoms. The molecule has 2 aromatic heterocycles. The van der Waals surface area contributed by atoms with Gasteiger partial charge in [-0.1, -0.05) is 43.7 Å². The third kappa shape index (κ3) is 4.03. The van der Waals surface area contributed by atoms with E-state index in [1.54, 1.807) is 6.92 Å². The summed E-state index contributed by atoms with van der Waals surface area (Å²) in [5.41, 5.74) is 1.73. The smallest absolute Gasteiger partial charge is 0.331 e. The van der Waals surface area contributed by atoms with Gasteiger partial charge in [-0.3, -0.25) is 9.20 Å². The maximum atomic E-state index is 12.6. The number of ether oxygens (including phenoxy) is 1. The van der Waals surface area contributed by atoms with Crippen molar-refractivity contribution in [1.82, 2.24) is 14.7 Å². The molecule has 1 N–H and O–H groups in total. The fourth-order valence-corrected chi connectivity index (χ4v) is 4.03. The highest BCUT2D eigenvalue weighted by atomic mass is 32.1. The van der Waals surface area contributed by atoms with E-state index < -0.39 is 11.5 Å². The van der Waals surface area contributed by atoms with Crippen molar-refractivity contribution in [3.63, 3.8) is 0 Å². The number of carbonyl (C=O) groups is 2. The first-order valence-corrected chi connectivity index (χ1v) is 9.75. The van der Waals surface area contributed by atoms with Crippen molar-refractivity contribution < 1.29 is 14.3 Å². The van der Waals surface area contributed by atoms with Crippen molar-refractivity contribution in [2.75, 3.05) is 7.11 Å². The molecule has 1 unspecified atom stereocenters. The van der Waals surface area contributed by atoms with Crippen LogP contribution in [0.4, 0.5) is 0 Å². The van der Waals surface area contributed by atoms with Gasteiger partial charge in [-0.2, -0.15) is 0 Å². The van der Waals surface area contributed by atoms with Crippen LogP contribution in [0.3, 0.4) is 0 Å². The highest BCUT2D eigenvalue weighted by molar-refractivity contribution is 7.15. The first kappa shape index (κ1) is 19.1. The van der Waals surface area contributed by atoms with Gasteiger partial charge >= 0.3 is 5.97 Å². The summed E-state index contributed by atoms with van der Waals surface area (Å²) >= 11 is 1.49. The van der Waals surface area contributed by atoms with Crippen molar-refractivity contribution in [2.45, 2.75) is 38.6 Å². The quantitative estimate of drug-likeness (QED) is 0.632. The monoisotopic (exact) mass is 385 g/mol. The molecule has 1 atom stereocenters. The SMILES string of the molecule is CCCC(C)(NC(=O)Cc1csc2nc(-c3ccccc3)cn12)C(=O)OC. The Morgan fingerprint density at radius 2 is 2.04 bits per heavy atom. The van der Waals surface area contributed by atoms with Crippen LogP contribution in [0, 0.1) is 0 Å². The summed E-state index contributed by atoms with van der Waals surface area (Å²) in [6, 6.07) is 9.92. The van der Waals surface area contributed by atoms with E-state index in [-0.39, 0.29) is 12.3 Å². The highest BCUT2D eigenvalue weighted by Crippen LogP contribution is 2.24. The Labute approximate surface area is 162 Å². The number of benzene rings is 1. The number of hydrogen-bond donors (Lipinski definition) is 1. The standard InChI is InChI=1S/C20H23N3O3S/c1-4-10-20(2,18(25)26-3)22-17(24)11-15-13-27-19-21-16(12-23(15)19)14-8-6-5-7-9-14/h5-9,12-13H,4,10-11H2,1-3H3,(H,22,24). The summed E-state index contributed by atoms with van der Waals surface area (Å²) < 4.78 is 6.79. The molecule has 0 aliphatic carbocycles. The van der Waals surface area contributed by atoms with Crippen LogP contribution in [0.1, 0.15) is 32.4 Å². The van der Waals surface area contributed by atoms with Crippen LogP contribution in [-0.2, 0) is 20.7 Å². The van der Waals surface area contributed by atoms with Gasteiger partial charge in [0.15, 0.2) is 4.96 Å². The van der Waals surface area contributed by atoms with Crippen molar-refractivity contribution in [3.05, 3.63) is 47.6 Å². The number of hydrogen-bond acceptors (Lipinski definition) is 5. The molecule has 27 heavy (non-hydrogen) atoms. The van der Waals surface area contributed by atoms with Crippen molar-refractivity contribution in [2.24, 2.45) is 0 Å². The molecule has 2 heterocycles. The fraction of sp³-hybridized carbons (Fsp3) is 0.350. The molecule has 0 saturated carbocycles. The van der Waals surface area contributed by atoms with Gasteiger partial charge in [0, 0.05) is 22.8 Å². The Hall–Kier alpha value is -2.67. The predicted molar refractivity (Wildman–Crippen MR) is 106 cm³/mol. The van der Waals surface area contributed by atoms with E-state index in [4.69, 9.17) is 4.74 Å². The topological polar surface area (TPSA) is 72.7 Å². The van der Waals surface area contributed by atoms with Crippen LogP contribution >= 0.6 is 11.3 Å². The molecular formula is C20H23N3O3S. The minimum atomic E-state index is -1.01. The average molecular weight is 385 g/mol. The molecule has 1 amide bonds. The van der Waals surface area contributed by atoms with Crippen LogP contribution in [0.25, 0.3) is 16.2 Å². The molecule has 142 valence electrons. The largest absolute Gasteiger partial charge is 0.467 e. The number of rotatable bonds is 7. The average Bonchev–Trinajstić information content (AvgIpc) is 3.24. The van der Waals surface area contributed by atoms with E-state index in [9.17, 15) is 9.59 Å². The lowest BCUT2D eigenvalue weighted by molar-refractivity contribution is -0.150. The minimum Gasteiger partial charge on any atom is -0.467 e. The molecule has 3 aromatic rings. The maximum absolute atomic E-state index is 12.6. The van der Waals surface area contributed by atoms with Crippen LogP contribution in [0.2, 0.25) is 0 Å². The lowest BCUT2D eigenvalue weighted by Gasteiger charge is -2.27. The highest BCUT2D eigenvalue weighted by Gasteiger charge is 2.35. The van der Waals surface area contributed by atoms with Crippen molar-refractivity contribution in [1.29, 1.82) is 0 Å². The van der Waals surface area contributed by atoms with Gasteiger partial charge in [0.1, 0.15) is 5.54 Å². The lowest BCUT2D eigenvalue weighted by Crippen LogP contribution is -2.53. The minimum absolute atomic E-state index is 0.168. The molecule has 0 aliphatic heterocycles. The van der Waals surface area contributed by atoms with E-state index in [2.05, 4.69) is 10.3 Å². The van der Waals surface area contributed by atoms with Gasteiger partial charge in [0.25, 0.3) is 0 Å². The predicted octanol–water partition coefficient (Wildman–Crippen LogP) is 3.45. The van der Waals surface area contributed by atoms with E-state index in [1.807, 2.05) is 53.2 Å². The lowest BCUT2D eigenvalue weighted by atomic mass is 9.96. The van der Waals surface area contributed by atoms with E-state index in [0.717, 1.165) is 28.3 Å². The van der Waals surface area contributed by atoms with Gasteiger partial charge in [0.05, 0.1) is 19.2 Å². The third-order valence-corrected chi connectivity index (χ3v) is 5.38. The van der Waals surface area contributed by atoms with Gasteiger partial charge < -0.3 is 10.1 Å². The second-order valence-corrected chi connectivity index (χ2v) is 7.51. The molecule has 6 nitrogen and oxygen atoms in total. The Kier molecular flexibility index (Phi) is 5.60. The Bertz CT molecular complexity index is 948. The Balaban J connectivity index is 1.79. The summed E-state index contributed by atoms with van der Waals surface area (Å²) in [5.74, 6) is -0.645. The molecule has 3 rings (SSSR count). The summed E-state index contributed by atoms with van der Waals surface area (Å²) in [4.78, 5) is 30.1. The zero-order chi connectivity index (χ0) is 19.4. The van der Waals surface area contributed by atoms with E-state index in [1.165, 1.54) is 18.4 Å². The van der Waals surface area contributed by atoms with Gasteiger partial charge in [-0.15, -0.1) is 11.3 Å². The first-order chi connectivity index (χ1) is 13.0. The van der Waals surface area contributed by atoms with Gasteiger partial charge in [0.2, 0.25) is 5.91 Å². The first-order valence-electron chi connectivity index (χ1n) is 8.87. The molecule has 0 fully saturated rings. The zero-order valence-corrected chi connectivity index (χ0v) is 16.5. The number of thiazole rings is 1. The normalized spacial score (nSPS) is 13.3. The third-order valence-electron chi connectivity index (χ3n) is 4.50. The summed E-state index contributed by atoms with van der Waals surface area (Å²) in [6.45, 7) is 3.67. The summed E-state index contributed by atoms with van der Waals surface area (Å²) in [6.07, 6.45) is 3.39. The van der Waals surface area contributed by atoms with Gasteiger partial charge in [-0.05, 0) is 13.3 Å². The molecule has 0 radical (unpaired) electrons. The van der Waals surface area contributed by atoms with Crippen molar-refractivity contribution >= 4 is 28.2 Å². The number of nitrogens with zero attached hydrogens (tertiary/aromatic N) is 2. The number of methoxy groups -OCH3 is 1. The van der Waals surface area contributed by atoms with E-state index >= 15 is 0 Å². The second-order valence-electron chi connectivity index (χ2n) is 6.67. The molecule has 0 aliphatic rings. The molecule has 1 aromatic carbocycles. The van der Waals surface area contributed by atoms with E-state index in [0.29, 0.717) is 6.42 Å². The molecule has 0 spiro atoms.